The molecule has 0 aliphatic heterocycles. The molecule has 0 aliphatic rings. The van der Waals surface area contributed by atoms with E-state index in [4.69, 9.17) is 16.0 Å². The van der Waals surface area contributed by atoms with Crippen LogP contribution in [0.2, 0.25) is 5.02 Å². The first kappa shape index (κ1) is 10.3. The van der Waals surface area contributed by atoms with Gasteiger partial charge in [0.25, 0.3) is 0 Å². The Bertz CT molecular complexity index is 691. The molecule has 17 heavy (non-hydrogen) atoms. The predicted molar refractivity (Wildman–Crippen MR) is 67.0 cm³/mol. The summed E-state index contributed by atoms with van der Waals surface area (Å²) in [7, 11) is 0. The van der Waals surface area contributed by atoms with Gasteiger partial charge in [-0.25, -0.2) is 4.98 Å². The van der Waals surface area contributed by atoms with Crippen molar-refractivity contribution in [2.75, 3.05) is 0 Å². The van der Waals surface area contributed by atoms with Crippen molar-refractivity contribution < 1.29 is 4.42 Å². The first-order chi connectivity index (χ1) is 8.24. The van der Waals surface area contributed by atoms with E-state index in [1.165, 1.54) is 0 Å². The van der Waals surface area contributed by atoms with Crippen LogP contribution in [0.25, 0.3) is 22.5 Å². The summed E-state index contributed by atoms with van der Waals surface area (Å²) in [6.07, 6.45) is 0. The van der Waals surface area contributed by atoms with Gasteiger partial charge in [0.1, 0.15) is 0 Å². The van der Waals surface area contributed by atoms with Crippen molar-refractivity contribution in [2.24, 2.45) is 0 Å². The molecule has 0 N–H and O–H groups in total. The minimum absolute atomic E-state index is 0.611. The van der Waals surface area contributed by atoms with Crippen molar-refractivity contribution in [3.63, 3.8) is 0 Å². The quantitative estimate of drug-likeness (QED) is 0.653. The molecule has 3 rings (SSSR count). The third kappa shape index (κ3) is 1.78. The van der Waals surface area contributed by atoms with Gasteiger partial charge in [-0.2, -0.15) is 4.98 Å². The maximum absolute atomic E-state index is 6.13. The van der Waals surface area contributed by atoms with Crippen LogP contribution in [0.4, 0.5) is 0 Å². The van der Waals surface area contributed by atoms with Gasteiger partial charge in [0.05, 0.1) is 5.69 Å². The molecule has 0 unspecified atom stereocenters. The van der Waals surface area contributed by atoms with Crippen molar-refractivity contribution in [2.45, 2.75) is 6.92 Å². The summed E-state index contributed by atoms with van der Waals surface area (Å²) in [6.45, 7) is 1.80. The maximum Gasteiger partial charge on any atom is 0.199 e. The van der Waals surface area contributed by atoms with E-state index in [2.05, 4.69) is 9.97 Å². The molecule has 3 aromatic rings. The molecule has 0 spiro atoms. The van der Waals surface area contributed by atoms with E-state index in [-0.39, 0.29) is 0 Å². The molecule has 0 amide bonds. The molecule has 0 saturated heterocycles. The summed E-state index contributed by atoms with van der Waals surface area (Å²) in [5.74, 6) is 0.615. The van der Waals surface area contributed by atoms with Crippen molar-refractivity contribution >= 4 is 22.8 Å². The second kappa shape index (κ2) is 3.86. The number of benzene rings is 1. The normalized spacial score (nSPS) is 10.9. The van der Waals surface area contributed by atoms with Crippen LogP contribution in [0.5, 0.6) is 0 Å². The number of fused-ring (bicyclic) bond motifs is 1. The highest BCUT2D eigenvalue weighted by atomic mass is 35.5. The van der Waals surface area contributed by atoms with E-state index >= 15 is 0 Å². The molecule has 0 saturated carbocycles. The molecule has 0 atom stereocenters. The smallest absolute Gasteiger partial charge is 0.199 e. The van der Waals surface area contributed by atoms with Crippen LogP contribution >= 0.6 is 11.6 Å². The van der Waals surface area contributed by atoms with Crippen molar-refractivity contribution in [3.8, 4) is 11.3 Å². The minimum Gasteiger partial charge on any atom is -0.439 e. The number of hydrogen-bond donors (Lipinski definition) is 0. The van der Waals surface area contributed by atoms with Gasteiger partial charge in [-0.15, -0.1) is 0 Å². The van der Waals surface area contributed by atoms with E-state index in [0.29, 0.717) is 22.1 Å². The summed E-state index contributed by atoms with van der Waals surface area (Å²) in [5.41, 5.74) is 3.01. The summed E-state index contributed by atoms with van der Waals surface area (Å²) in [4.78, 5) is 8.65. The van der Waals surface area contributed by atoms with E-state index in [9.17, 15) is 0 Å². The topological polar surface area (TPSA) is 38.9 Å². The average Bonchev–Trinajstić information content (AvgIpc) is 2.68. The summed E-state index contributed by atoms with van der Waals surface area (Å²) < 4.78 is 5.38. The highest BCUT2D eigenvalue weighted by Gasteiger charge is 2.08. The van der Waals surface area contributed by atoms with Gasteiger partial charge in [0.2, 0.25) is 0 Å². The Morgan fingerprint density at radius 2 is 1.88 bits per heavy atom. The van der Waals surface area contributed by atoms with Crippen molar-refractivity contribution in [1.82, 2.24) is 9.97 Å². The number of aromatic nitrogens is 2. The highest BCUT2D eigenvalue weighted by molar-refractivity contribution is 6.33. The number of aryl methyl sites for hydroxylation is 1. The number of nitrogens with zero attached hydrogens (tertiary/aromatic N) is 2. The zero-order valence-corrected chi connectivity index (χ0v) is 9.90. The van der Waals surface area contributed by atoms with Crippen LogP contribution in [0.15, 0.2) is 40.8 Å². The van der Waals surface area contributed by atoms with Crippen LogP contribution in [0, 0.1) is 6.92 Å². The number of oxazole rings is 1. The Kier molecular flexibility index (Phi) is 2.34. The van der Waals surface area contributed by atoms with Crippen LogP contribution < -0.4 is 0 Å². The largest absolute Gasteiger partial charge is 0.439 e. The van der Waals surface area contributed by atoms with Crippen LogP contribution in [-0.4, -0.2) is 9.97 Å². The van der Waals surface area contributed by atoms with Crippen LogP contribution in [0.3, 0.4) is 0 Å². The molecule has 0 aliphatic carbocycles. The monoisotopic (exact) mass is 244 g/mol. The molecule has 0 bridgehead atoms. The number of pyridine rings is 1. The third-order valence-electron chi connectivity index (χ3n) is 2.51. The second-order valence-corrected chi connectivity index (χ2v) is 4.14. The van der Waals surface area contributed by atoms with E-state index < -0.39 is 0 Å². The fourth-order valence-electron chi connectivity index (χ4n) is 1.75. The van der Waals surface area contributed by atoms with Gasteiger partial charge in [0, 0.05) is 17.5 Å². The first-order valence-electron chi connectivity index (χ1n) is 5.23. The van der Waals surface area contributed by atoms with E-state index in [1.807, 2.05) is 36.4 Å². The van der Waals surface area contributed by atoms with Gasteiger partial charge < -0.3 is 4.42 Å². The Labute approximate surface area is 103 Å². The predicted octanol–water partition coefficient (Wildman–Crippen LogP) is 3.85. The highest BCUT2D eigenvalue weighted by Crippen LogP contribution is 2.27. The number of hydrogen-bond acceptors (Lipinski definition) is 3. The van der Waals surface area contributed by atoms with Crippen molar-refractivity contribution in [1.29, 1.82) is 0 Å². The van der Waals surface area contributed by atoms with Crippen LogP contribution in [-0.2, 0) is 0 Å². The molecular formula is C13H9ClN2O. The van der Waals surface area contributed by atoms with Gasteiger partial charge in [-0.3, -0.25) is 0 Å². The first-order valence-corrected chi connectivity index (χ1v) is 5.61. The SMILES string of the molecule is Cc1nc2nc(-c3ccccc3Cl)ccc2o1. The number of halogens is 1. The molecule has 3 nitrogen and oxygen atoms in total. The fraction of sp³-hybridized carbons (Fsp3) is 0.0769. The molecule has 2 heterocycles. The molecular weight excluding hydrogens is 236 g/mol. The van der Waals surface area contributed by atoms with Gasteiger partial charge in [0.15, 0.2) is 17.1 Å². The lowest BCUT2D eigenvalue weighted by molar-refractivity contribution is 0.561. The molecule has 84 valence electrons. The second-order valence-electron chi connectivity index (χ2n) is 3.73. The van der Waals surface area contributed by atoms with Gasteiger partial charge in [-0.05, 0) is 18.2 Å². The lowest BCUT2D eigenvalue weighted by Gasteiger charge is -2.02. The summed E-state index contributed by atoms with van der Waals surface area (Å²) in [6, 6.07) is 11.3. The Hall–Kier alpha value is -1.87. The fourth-order valence-corrected chi connectivity index (χ4v) is 1.98. The minimum atomic E-state index is 0.611. The molecule has 2 aromatic heterocycles. The Morgan fingerprint density at radius 1 is 1.06 bits per heavy atom. The van der Waals surface area contributed by atoms with Gasteiger partial charge in [-0.1, -0.05) is 29.8 Å². The molecule has 1 aromatic carbocycles. The summed E-state index contributed by atoms with van der Waals surface area (Å²) >= 11 is 6.13. The molecule has 0 fully saturated rings. The average molecular weight is 245 g/mol. The zero-order valence-electron chi connectivity index (χ0n) is 9.14. The lowest BCUT2D eigenvalue weighted by Crippen LogP contribution is -1.85. The molecule has 0 radical (unpaired) electrons. The molecule has 4 heteroatoms. The lowest BCUT2D eigenvalue weighted by atomic mass is 10.1. The number of rotatable bonds is 1. The third-order valence-corrected chi connectivity index (χ3v) is 2.84. The van der Waals surface area contributed by atoms with E-state index in [0.717, 1.165) is 11.3 Å². The van der Waals surface area contributed by atoms with Crippen molar-refractivity contribution in [3.05, 3.63) is 47.3 Å². The van der Waals surface area contributed by atoms with E-state index in [1.54, 1.807) is 6.92 Å². The Balaban J connectivity index is 2.21. The summed E-state index contributed by atoms with van der Waals surface area (Å²) in [5, 5.41) is 0.680. The zero-order chi connectivity index (χ0) is 11.8. The standard InChI is InChI=1S/C13H9ClN2O/c1-8-15-13-12(17-8)7-6-11(16-13)9-4-2-3-5-10(9)14/h2-7H,1H3. The maximum atomic E-state index is 6.13. The van der Waals surface area contributed by atoms with Gasteiger partial charge >= 0.3 is 0 Å². The van der Waals surface area contributed by atoms with Crippen LogP contribution in [0.1, 0.15) is 5.89 Å². The Morgan fingerprint density at radius 3 is 2.71 bits per heavy atom.